The highest BCUT2D eigenvalue weighted by Gasteiger charge is 2.31. The van der Waals surface area contributed by atoms with Crippen molar-refractivity contribution in [2.75, 3.05) is 13.1 Å². The summed E-state index contributed by atoms with van der Waals surface area (Å²) < 4.78 is 0. The normalized spacial score (nSPS) is 17.6. The molecule has 1 aromatic carbocycles. The van der Waals surface area contributed by atoms with E-state index in [1.54, 1.807) is 0 Å². The zero-order valence-corrected chi connectivity index (χ0v) is 12.2. The number of carboxylic acid groups (broad SMARTS) is 1. The van der Waals surface area contributed by atoms with Gasteiger partial charge >= 0.3 is 5.97 Å². The zero-order chi connectivity index (χ0) is 15.2. The van der Waals surface area contributed by atoms with Gasteiger partial charge in [0.25, 0.3) is 0 Å². The number of rotatable bonds is 7. The largest absolute Gasteiger partial charge is 0.480 e. The van der Waals surface area contributed by atoms with Crippen molar-refractivity contribution in [2.24, 2.45) is 11.8 Å². The Balaban J connectivity index is 1.86. The molecule has 0 spiro atoms. The van der Waals surface area contributed by atoms with Crippen LogP contribution in [0.1, 0.15) is 18.9 Å². The van der Waals surface area contributed by atoms with E-state index >= 15 is 0 Å². The van der Waals surface area contributed by atoms with Crippen LogP contribution in [-0.4, -0.2) is 36.1 Å². The van der Waals surface area contributed by atoms with Gasteiger partial charge in [0.1, 0.15) is 6.04 Å². The fourth-order valence-corrected chi connectivity index (χ4v) is 2.39. The molecule has 1 heterocycles. The third-order valence-electron chi connectivity index (χ3n) is 4.11. The van der Waals surface area contributed by atoms with E-state index in [0.29, 0.717) is 18.8 Å². The lowest BCUT2D eigenvalue weighted by molar-refractivity contribution is -0.143. The summed E-state index contributed by atoms with van der Waals surface area (Å²) in [6.07, 6.45) is 1.04. The number of benzene rings is 1. The third kappa shape index (κ3) is 4.29. The first kappa shape index (κ1) is 15.5. The maximum atomic E-state index is 12.1. The molecule has 3 N–H and O–H groups in total. The monoisotopic (exact) mass is 290 g/mol. The van der Waals surface area contributed by atoms with Gasteiger partial charge in [-0.2, -0.15) is 0 Å². The van der Waals surface area contributed by atoms with E-state index in [-0.39, 0.29) is 11.8 Å². The second kappa shape index (κ2) is 7.22. The van der Waals surface area contributed by atoms with Crippen LogP contribution >= 0.6 is 0 Å². The van der Waals surface area contributed by atoms with E-state index in [9.17, 15) is 14.7 Å². The molecule has 1 aliphatic rings. The second-order valence-electron chi connectivity index (χ2n) is 5.63. The van der Waals surface area contributed by atoms with Gasteiger partial charge in [-0.05, 0) is 37.4 Å². The highest BCUT2D eigenvalue weighted by atomic mass is 16.4. The predicted molar refractivity (Wildman–Crippen MR) is 79.9 cm³/mol. The maximum absolute atomic E-state index is 12.1. The van der Waals surface area contributed by atoms with Crippen molar-refractivity contribution < 1.29 is 14.7 Å². The van der Waals surface area contributed by atoms with Gasteiger partial charge in [0, 0.05) is 5.92 Å². The van der Waals surface area contributed by atoms with E-state index in [4.69, 9.17) is 0 Å². The molecule has 0 bridgehead atoms. The van der Waals surface area contributed by atoms with E-state index in [1.807, 2.05) is 37.3 Å². The number of hydrogen-bond acceptors (Lipinski definition) is 3. The molecule has 0 aromatic heterocycles. The van der Waals surface area contributed by atoms with Crippen LogP contribution in [0.4, 0.5) is 0 Å². The Bertz CT molecular complexity index is 486. The fraction of sp³-hybridized carbons (Fsp3) is 0.500. The summed E-state index contributed by atoms with van der Waals surface area (Å²) in [7, 11) is 0. The van der Waals surface area contributed by atoms with Gasteiger partial charge in [-0.25, -0.2) is 4.79 Å². The smallest absolute Gasteiger partial charge is 0.326 e. The minimum Gasteiger partial charge on any atom is -0.480 e. The van der Waals surface area contributed by atoms with Crippen molar-refractivity contribution in [1.82, 2.24) is 10.6 Å². The van der Waals surface area contributed by atoms with Crippen molar-refractivity contribution in [1.29, 1.82) is 0 Å². The molecule has 0 saturated carbocycles. The van der Waals surface area contributed by atoms with Crippen LogP contribution in [0.5, 0.6) is 0 Å². The minimum absolute atomic E-state index is 0.148. The standard InChI is InChI=1S/C16H22N2O3/c1-11(13-9-17-10-13)15(19)18-14(16(20)21)8-7-12-5-3-2-4-6-12/h2-6,11,13-14,17H,7-10H2,1H3,(H,18,19)(H,20,21). The predicted octanol–water partition coefficient (Wildman–Crippen LogP) is 1.04. The van der Waals surface area contributed by atoms with Crippen LogP contribution in [0.15, 0.2) is 30.3 Å². The third-order valence-corrected chi connectivity index (χ3v) is 4.11. The van der Waals surface area contributed by atoms with Crippen LogP contribution in [0.2, 0.25) is 0 Å². The first-order valence-corrected chi connectivity index (χ1v) is 7.35. The number of nitrogens with one attached hydrogen (secondary N) is 2. The number of aliphatic carboxylic acids is 1. The quantitative estimate of drug-likeness (QED) is 0.701. The van der Waals surface area contributed by atoms with Gasteiger partial charge < -0.3 is 15.7 Å². The topological polar surface area (TPSA) is 78.4 Å². The van der Waals surface area contributed by atoms with Crippen LogP contribution in [0, 0.1) is 11.8 Å². The van der Waals surface area contributed by atoms with E-state index in [0.717, 1.165) is 18.7 Å². The first-order valence-electron chi connectivity index (χ1n) is 7.35. The van der Waals surface area contributed by atoms with Gasteiger partial charge in [0.15, 0.2) is 0 Å². The summed E-state index contributed by atoms with van der Waals surface area (Å²) in [4.78, 5) is 23.4. The van der Waals surface area contributed by atoms with Gasteiger partial charge in [-0.1, -0.05) is 37.3 Å². The molecule has 1 saturated heterocycles. The summed E-state index contributed by atoms with van der Waals surface area (Å²) in [5.41, 5.74) is 1.08. The number of aryl methyl sites for hydroxylation is 1. The Morgan fingerprint density at radius 3 is 2.52 bits per heavy atom. The zero-order valence-electron chi connectivity index (χ0n) is 12.2. The number of hydrogen-bond donors (Lipinski definition) is 3. The Hall–Kier alpha value is -1.88. The Labute approximate surface area is 124 Å². The lowest BCUT2D eigenvalue weighted by Gasteiger charge is -2.32. The molecule has 21 heavy (non-hydrogen) atoms. The molecule has 2 unspecified atom stereocenters. The molecule has 1 amide bonds. The molecule has 1 aliphatic heterocycles. The Morgan fingerprint density at radius 2 is 2.00 bits per heavy atom. The molecule has 2 atom stereocenters. The van der Waals surface area contributed by atoms with Crippen molar-refractivity contribution in [3.63, 3.8) is 0 Å². The summed E-state index contributed by atoms with van der Waals surface area (Å²) in [6.45, 7) is 3.52. The van der Waals surface area contributed by atoms with E-state index < -0.39 is 12.0 Å². The molecule has 0 aliphatic carbocycles. The van der Waals surface area contributed by atoms with Crippen molar-refractivity contribution in [3.8, 4) is 0 Å². The lowest BCUT2D eigenvalue weighted by Crippen LogP contribution is -2.52. The number of amides is 1. The average molecular weight is 290 g/mol. The minimum atomic E-state index is -0.974. The summed E-state index contributed by atoms with van der Waals surface area (Å²) in [5, 5.41) is 15.1. The molecule has 0 radical (unpaired) electrons. The van der Waals surface area contributed by atoms with Crippen molar-refractivity contribution >= 4 is 11.9 Å². The Morgan fingerprint density at radius 1 is 1.33 bits per heavy atom. The van der Waals surface area contributed by atoms with Gasteiger partial charge in [-0.3, -0.25) is 4.79 Å². The Kier molecular flexibility index (Phi) is 5.33. The van der Waals surface area contributed by atoms with Crippen molar-refractivity contribution in [3.05, 3.63) is 35.9 Å². The maximum Gasteiger partial charge on any atom is 0.326 e. The van der Waals surface area contributed by atoms with Crippen molar-refractivity contribution in [2.45, 2.75) is 25.8 Å². The molecular formula is C16H22N2O3. The van der Waals surface area contributed by atoms with Crippen LogP contribution < -0.4 is 10.6 Å². The number of carbonyl (C=O) groups excluding carboxylic acids is 1. The highest BCUT2D eigenvalue weighted by molar-refractivity contribution is 5.85. The number of carboxylic acids is 1. The molecule has 1 aromatic rings. The summed E-state index contributed by atoms with van der Waals surface area (Å²) in [5.74, 6) is -0.974. The number of carbonyl (C=O) groups is 2. The second-order valence-corrected chi connectivity index (χ2v) is 5.63. The van der Waals surface area contributed by atoms with Crippen LogP contribution in [0.3, 0.4) is 0 Å². The fourth-order valence-electron chi connectivity index (χ4n) is 2.39. The van der Waals surface area contributed by atoms with Crippen LogP contribution in [0.25, 0.3) is 0 Å². The van der Waals surface area contributed by atoms with E-state index in [2.05, 4.69) is 10.6 Å². The molecule has 2 rings (SSSR count). The highest BCUT2D eigenvalue weighted by Crippen LogP contribution is 2.16. The lowest BCUT2D eigenvalue weighted by atomic mass is 9.88. The van der Waals surface area contributed by atoms with Gasteiger partial charge in [0.05, 0.1) is 0 Å². The average Bonchev–Trinajstić information content (AvgIpc) is 2.42. The summed E-state index contributed by atoms with van der Waals surface area (Å²) in [6, 6.07) is 8.87. The summed E-state index contributed by atoms with van der Waals surface area (Å²) >= 11 is 0. The van der Waals surface area contributed by atoms with Gasteiger partial charge in [-0.15, -0.1) is 0 Å². The first-order chi connectivity index (χ1) is 10.1. The molecular weight excluding hydrogens is 268 g/mol. The SMILES string of the molecule is CC(C(=O)NC(CCc1ccccc1)C(=O)O)C1CNC1. The molecule has 114 valence electrons. The van der Waals surface area contributed by atoms with Crippen LogP contribution in [-0.2, 0) is 16.0 Å². The molecule has 5 nitrogen and oxygen atoms in total. The van der Waals surface area contributed by atoms with Gasteiger partial charge in [0.2, 0.25) is 5.91 Å². The molecule has 5 heteroatoms. The molecule has 1 fully saturated rings. The van der Waals surface area contributed by atoms with E-state index in [1.165, 1.54) is 0 Å².